The van der Waals surface area contributed by atoms with Crippen molar-refractivity contribution in [2.75, 3.05) is 24.6 Å². The molecule has 0 aromatic rings. The van der Waals surface area contributed by atoms with Crippen LogP contribution in [0.1, 0.15) is 79.1 Å². The van der Waals surface area contributed by atoms with Gasteiger partial charge >= 0.3 is 0 Å². The first-order valence-electron chi connectivity index (χ1n) is 8.09. The Morgan fingerprint density at radius 3 is 1.35 bits per heavy atom. The van der Waals surface area contributed by atoms with E-state index in [1.54, 1.807) is 24.6 Å². The molecule has 0 spiro atoms. The standard InChI is InChI=1S/C16H36P/c1-5-9-12-16-17(13-8-4,14-10-6-2)15-11-7-3/h5-16H2,1-4H3/q+1. The van der Waals surface area contributed by atoms with Gasteiger partial charge in [0.2, 0.25) is 0 Å². The van der Waals surface area contributed by atoms with Gasteiger partial charge in [0.25, 0.3) is 0 Å². The van der Waals surface area contributed by atoms with Gasteiger partial charge in [-0.1, -0.05) is 53.4 Å². The minimum absolute atomic E-state index is 0.559. The van der Waals surface area contributed by atoms with Crippen LogP contribution in [-0.4, -0.2) is 24.6 Å². The van der Waals surface area contributed by atoms with Crippen LogP contribution in [0.2, 0.25) is 0 Å². The molecule has 0 heterocycles. The van der Waals surface area contributed by atoms with Crippen LogP contribution in [0.15, 0.2) is 0 Å². The van der Waals surface area contributed by atoms with Crippen LogP contribution in [0.3, 0.4) is 0 Å². The molecule has 0 saturated heterocycles. The summed E-state index contributed by atoms with van der Waals surface area (Å²) in [7, 11) is -0.559. The Morgan fingerprint density at radius 1 is 0.471 bits per heavy atom. The lowest BCUT2D eigenvalue weighted by molar-refractivity contribution is 0.764. The molecule has 0 atom stereocenters. The van der Waals surface area contributed by atoms with E-state index in [-0.39, 0.29) is 0 Å². The van der Waals surface area contributed by atoms with Crippen LogP contribution in [0, 0.1) is 0 Å². The third-order valence-electron chi connectivity index (χ3n) is 3.91. The minimum Gasteiger partial charge on any atom is -0.0654 e. The second kappa shape index (κ2) is 11.5. The highest BCUT2D eigenvalue weighted by Gasteiger charge is 2.33. The molecule has 104 valence electrons. The molecule has 0 aliphatic rings. The molecule has 0 amide bonds. The van der Waals surface area contributed by atoms with Crippen molar-refractivity contribution in [3.8, 4) is 0 Å². The van der Waals surface area contributed by atoms with E-state index < -0.39 is 7.26 Å². The van der Waals surface area contributed by atoms with Gasteiger partial charge in [-0.25, -0.2) is 0 Å². The Hall–Kier alpha value is 0.430. The summed E-state index contributed by atoms with van der Waals surface area (Å²) in [4.78, 5) is 0. The van der Waals surface area contributed by atoms with Crippen LogP contribution in [0.25, 0.3) is 0 Å². The molecular formula is C16H36P+. The second-order valence-electron chi connectivity index (χ2n) is 5.65. The number of rotatable bonds is 12. The fourth-order valence-corrected chi connectivity index (χ4v) is 7.99. The highest BCUT2D eigenvalue weighted by molar-refractivity contribution is 7.75. The number of hydrogen-bond acceptors (Lipinski definition) is 0. The summed E-state index contributed by atoms with van der Waals surface area (Å²) in [5, 5.41) is 0. The molecule has 0 saturated carbocycles. The van der Waals surface area contributed by atoms with Gasteiger partial charge in [-0.05, 0) is 25.7 Å². The third-order valence-corrected chi connectivity index (χ3v) is 9.10. The van der Waals surface area contributed by atoms with Gasteiger partial charge < -0.3 is 0 Å². The van der Waals surface area contributed by atoms with Crippen molar-refractivity contribution in [3.63, 3.8) is 0 Å². The summed E-state index contributed by atoms with van der Waals surface area (Å²) in [6.07, 6.45) is 17.9. The molecule has 0 unspecified atom stereocenters. The Kier molecular flexibility index (Phi) is 11.8. The normalized spacial score (nSPS) is 12.0. The Balaban J connectivity index is 4.32. The van der Waals surface area contributed by atoms with Crippen molar-refractivity contribution in [2.45, 2.75) is 79.1 Å². The summed E-state index contributed by atoms with van der Waals surface area (Å²) in [5.41, 5.74) is 0. The van der Waals surface area contributed by atoms with Crippen molar-refractivity contribution < 1.29 is 0 Å². The fraction of sp³-hybridized carbons (Fsp3) is 1.00. The van der Waals surface area contributed by atoms with Gasteiger partial charge in [-0.3, -0.25) is 0 Å². The van der Waals surface area contributed by atoms with E-state index in [0.717, 1.165) is 0 Å². The van der Waals surface area contributed by atoms with E-state index in [4.69, 9.17) is 0 Å². The van der Waals surface area contributed by atoms with Gasteiger partial charge in [0.15, 0.2) is 0 Å². The lowest BCUT2D eigenvalue weighted by atomic mass is 10.3. The van der Waals surface area contributed by atoms with E-state index >= 15 is 0 Å². The van der Waals surface area contributed by atoms with E-state index in [2.05, 4.69) is 27.7 Å². The monoisotopic (exact) mass is 259 g/mol. The Labute approximate surface area is 111 Å². The average Bonchev–Trinajstić information content (AvgIpc) is 2.34. The van der Waals surface area contributed by atoms with E-state index in [0.29, 0.717) is 0 Å². The molecule has 0 aromatic carbocycles. The zero-order chi connectivity index (χ0) is 13.0. The molecule has 1 heteroatoms. The lowest BCUT2D eigenvalue weighted by Crippen LogP contribution is -2.12. The molecule has 0 aliphatic heterocycles. The molecule has 0 fully saturated rings. The first-order chi connectivity index (χ1) is 8.24. The summed E-state index contributed by atoms with van der Waals surface area (Å²) in [6.45, 7) is 9.43. The van der Waals surface area contributed by atoms with Gasteiger partial charge in [0.1, 0.15) is 0 Å². The Morgan fingerprint density at radius 2 is 0.941 bits per heavy atom. The largest absolute Gasteiger partial charge is 0.0654 e. The van der Waals surface area contributed by atoms with Gasteiger partial charge in [-0.15, -0.1) is 0 Å². The minimum atomic E-state index is -0.559. The Bertz CT molecular complexity index is 146. The average molecular weight is 259 g/mol. The van der Waals surface area contributed by atoms with Crippen LogP contribution in [0.4, 0.5) is 0 Å². The third kappa shape index (κ3) is 8.20. The molecule has 0 nitrogen and oxygen atoms in total. The van der Waals surface area contributed by atoms with Crippen LogP contribution >= 0.6 is 7.26 Å². The fourth-order valence-electron chi connectivity index (χ4n) is 2.83. The van der Waals surface area contributed by atoms with E-state index in [1.165, 1.54) is 51.4 Å². The second-order valence-corrected chi connectivity index (χ2v) is 10.1. The highest BCUT2D eigenvalue weighted by atomic mass is 31.2. The maximum absolute atomic E-state index is 2.40. The summed E-state index contributed by atoms with van der Waals surface area (Å²) < 4.78 is 0. The molecule has 0 bridgehead atoms. The topological polar surface area (TPSA) is 0 Å². The van der Waals surface area contributed by atoms with Gasteiger partial charge in [0.05, 0.1) is 24.6 Å². The summed E-state index contributed by atoms with van der Waals surface area (Å²) in [6, 6.07) is 0. The van der Waals surface area contributed by atoms with Crippen molar-refractivity contribution in [1.82, 2.24) is 0 Å². The van der Waals surface area contributed by atoms with Crippen molar-refractivity contribution in [3.05, 3.63) is 0 Å². The van der Waals surface area contributed by atoms with Crippen LogP contribution in [-0.2, 0) is 0 Å². The zero-order valence-electron chi connectivity index (χ0n) is 12.9. The number of unbranched alkanes of at least 4 members (excludes halogenated alkanes) is 4. The van der Waals surface area contributed by atoms with Gasteiger partial charge in [0, 0.05) is 7.26 Å². The molecule has 0 rings (SSSR count). The molecule has 0 N–H and O–H groups in total. The van der Waals surface area contributed by atoms with E-state index in [1.807, 2.05) is 0 Å². The summed E-state index contributed by atoms with van der Waals surface area (Å²) >= 11 is 0. The smallest absolute Gasteiger partial charge is 0.0594 e. The molecule has 17 heavy (non-hydrogen) atoms. The molecule has 0 aromatic heterocycles. The maximum Gasteiger partial charge on any atom is 0.0594 e. The number of hydrogen-bond donors (Lipinski definition) is 0. The van der Waals surface area contributed by atoms with E-state index in [9.17, 15) is 0 Å². The van der Waals surface area contributed by atoms with Crippen molar-refractivity contribution in [2.24, 2.45) is 0 Å². The first kappa shape index (κ1) is 17.4. The van der Waals surface area contributed by atoms with Crippen molar-refractivity contribution >= 4 is 7.26 Å². The predicted octanol–water partition coefficient (Wildman–Crippen LogP) is 6.20. The van der Waals surface area contributed by atoms with Crippen LogP contribution in [0.5, 0.6) is 0 Å². The molecule has 0 aliphatic carbocycles. The summed E-state index contributed by atoms with van der Waals surface area (Å²) in [5.74, 6) is 0. The SMILES string of the molecule is CCCCC[P+](CCC)(CCCC)CCCC. The molecular weight excluding hydrogens is 223 g/mol. The maximum atomic E-state index is 2.40. The molecule has 0 radical (unpaired) electrons. The first-order valence-corrected chi connectivity index (χ1v) is 10.6. The highest BCUT2D eigenvalue weighted by Crippen LogP contribution is 2.61. The lowest BCUT2D eigenvalue weighted by Gasteiger charge is -2.27. The quantitative estimate of drug-likeness (QED) is 0.289. The predicted molar refractivity (Wildman–Crippen MR) is 86.0 cm³/mol. The zero-order valence-corrected chi connectivity index (χ0v) is 13.8. The van der Waals surface area contributed by atoms with Crippen molar-refractivity contribution in [1.29, 1.82) is 0 Å². The van der Waals surface area contributed by atoms with Gasteiger partial charge in [-0.2, -0.15) is 0 Å². The van der Waals surface area contributed by atoms with Crippen LogP contribution < -0.4 is 0 Å².